The maximum atomic E-state index is 5.69. The van der Waals surface area contributed by atoms with Crippen LogP contribution in [0.1, 0.15) is 29.9 Å². The van der Waals surface area contributed by atoms with Gasteiger partial charge in [-0.25, -0.2) is 0 Å². The number of hydrogen-bond acceptors (Lipinski definition) is 3. The molecule has 0 radical (unpaired) electrons. The smallest absolute Gasteiger partial charge is 0.124 e. The zero-order chi connectivity index (χ0) is 14.1. The third kappa shape index (κ3) is 2.36. The summed E-state index contributed by atoms with van der Waals surface area (Å²) in [6.07, 6.45) is 0.934. The first kappa shape index (κ1) is 13.6. The number of aromatic nitrogens is 2. The molecule has 4 nitrogen and oxygen atoms in total. The van der Waals surface area contributed by atoms with Crippen LogP contribution in [0.2, 0.25) is 0 Å². The zero-order valence-corrected chi connectivity index (χ0v) is 13.3. The van der Waals surface area contributed by atoms with Gasteiger partial charge in [0.15, 0.2) is 0 Å². The molecule has 1 aliphatic heterocycles. The Balaban J connectivity index is 1.74. The van der Waals surface area contributed by atoms with Gasteiger partial charge in [-0.2, -0.15) is 5.10 Å². The fourth-order valence-electron chi connectivity index (χ4n) is 2.56. The number of para-hydroxylation sites is 1. The Morgan fingerprint density at radius 3 is 3.00 bits per heavy atom. The van der Waals surface area contributed by atoms with Gasteiger partial charge in [0.05, 0.1) is 21.9 Å². The van der Waals surface area contributed by atoms with Gasteiger partial charge in [0.25, 0.3) is 0 Å². The molecule has 0 bridgehead atoms. The first-order chi connectivity index (χ1) is 9.70. The Hall–Kier alpha value is -1.33. The van der Waals surface area contributed by atoms with E-state index in [1.807, 2.05) is 23.9 Å². The number of hydrogen-bond donors (Lipinski definition) is 1. The molecule has 0 spiro atoms. The molecule has 1 N–H and O–H groups in total. The van der Waals surface area contributed by atoms with Crippen LogP contribution in [0.4, 0.5) is 0 Å². The Bertz CT molecular complexity index is 624. The summed E-state index contributed by atoms with van der Waals surface area (Å²) in [7, 11) is 1.99. The largest absolute Gasteiger partial charge is 0.491 e. The second-order valence-corrected chi connectivity index (χ2v) is 5.76. The fraction of sp³-hybridized carbons (Fsp3) is 0.400. The van der Waals surface area contributed by atoms with E-state index < -0.39 is 0 Å². The SMILES string of the molecule is CCc1nn(C)c(CNC2COc3ccccc32)c1Br. The Morgan fingerprint density at radius 1 is 1.45 bits per heavy atom. The molecule has 2 heterocycles. The van der Waals surface area contributed by atoms with Crippen LogP contribution in [0, 0.1) is 0 Å². The highest BCUT2D eigenvalue weighted by Crippen LogP contribution is 2.32. The number of benzene rings is 1. The van der Waals surface area contributed by atoms with Gasteiger partial charge < -0.3 is 10.1 Å². The first-order valence-corrected chi connectivity index (χ1v) is 7.65. The summed E-state index contributed by atoms with van der Waals surface area (Å²) in [5, 5.41) is 8.07. The molecule has 20 heavy (non-hydrogen) atoms. The van der Waals surface area contributed by atoms with E-state index in [-0.39, 0.29) is 6.04 Å². The summed E-state index contributed by atoms with van der Waals surface area (Å²) in [6, 6.07) is 8.45. The van der Waals surface area contributed by atoms with Crippen LogP contribution in [0.3, 0.4) is 0 Å². The van der Waals surface area contributed by atoms with Crippen molar-refractivity contribution in [2.45, 2.75) is 25.9 Å². The Kier molecular flexibility index (Phi) is 3.81. The highest BCUT2D eigenvalue weighted by Gasteiger charge is 2.23. The summed E-state index contributed by atoms with van der Waals surface area (Å²) in [5.74, 6) is 0.989. The predicted octanol–water partition coefficient (Wildman–Crippen LogP) is 2.97. The van der Waals surface area contributed by atoms with Crippen molar-refractivity contribution in [2.75, 3.05) is 6.61 Å². The van der Waals surface area contributed by atoms with Gasteiger partial charge in [-0.3, -0.25) is 4.68 Å². The summed E-state index contributed by atoms with van der Waals surface area (Å²) in [4.78, 5) is 0. The third-order valence-electron chi connectivity index (χ3n) is 3.72. The zero-order valence-electron chi connectivity index (χ0n) is 11.7. The van der Waals surface area contributed by atoms with Crippen LogP contribution in [0.25, 0.3) is 0 Å². The van der Waals surface area contributed by atoms with Gasteiger partial charge >= 0.3 is 0 Å². The van der Waals surface area contributed by atoms with Gasteiger partial charge in [0.1, 0.15) is 12.4 Å². The fourth-order valence-corrected chi connectivity index (χ4v) is 3.32. The highest BCUT2D eigenvalue weighted by atomic mass is 79.9. The second-order valence-electron chi connectivity index (χ2n) is 4.97. The molecule has 0 saturated carbocycles. The molecule has 1 unspecified atom stereocenters. The first-order valence-electron chi connectivity index (χ1n) is 6.86. The van der Waals surface area contributed by atoms with Crippen molar-refractivity contribution >= 4 is 15.9 Å². The number of fused-ring (bicyclic) bond motifs is 1. The van der Waals surface area contributed by atoms with E-state index in [1.165, 1.54) is 11.3 Å². The molecule has 0 amide bonds. The minimum atomic E-state index is 0.248. The number of nitrogens with zero attached hydrogens (tertiary/aromatic N) is 2. The van der Waals surface area contributed by atoms with Crippen molar-refractivity contribution in [1.29, 1.82) is 0 Å². The van der Waals surface area contributed by atoms with Crippen LogP contribution in [0.15, 0.2) is 28.7 Å². The molecule has 106 valence electrons. The van der Waals surface area contributed by atoms with Crippen LogP contribution in [-0.4, -0.2) is 16.4 Å². The topological polar surface area (TPSA) is 39.1 Å². The average Bonchev–Trinajstić information content (AvgIpc) is 2.99. The van der Waals surface area contributed by atoms with Crippen molar-refractivity contribution in [3.8, 4) is 5.75 Å². The molecule has 5 heteroatoms. The van der Waals surface area contributed by atoms with Crippen LogP contribution in [-0.2, 0) is 20.0 Å². The molecule has 1 aliphatic rings. The number of aryl methyl sites for hydroxylation is 2. The van der Waals surface area contributed by atoms with Gasteiger partial charge in [-0.15, -0.1) is 0 Å². The molecular weight excluding hydrogens is 318 g/mol. The predicted molar refractivity (Wildman–Crippen MR) is 81.8 cm³/mol. The lowest BCUT2D eigenvalue weighted by molar-refractivity contribution is 0.309. The molecule has 0 saturated heterocycles. The van der Waals surface area contributed by atoms with Crippen molar-refractivity contribution in [2.24, 2.45) is 7.05 Å². The van der Waals surface area contributed by atoms with E-state index in [2.05, 4.69) is 45.4 Å². The van der Waals surface area contributed by atoms with Gasteiger partial charge in [0, 0.05) is 19.2 Å². The second kappa shape index (κ2) is 5.58. The normalized spacial score (nSPS) is 17.1. The maximum Gasteiger partial charge on any atom is 0.124 e. The summed E-state index contributed by atoms with van der Waals surface area (Å²) < 4.78 is 8.74. The van der Waals surface area contributed by atoms with Crippen molar-refractivity contribution in [3.05, 3.63) is 45.7 Å². The standard InChI is InChI=1S/C15H18BrN3O/c1-3-11-15(16)13(19(2)18-11)8-17-12-9-20-14-7-5-4-6-10(12)14/h4-7,12,17H,3,8-9H2,1-2H3. The Labute approximate surface area is 127 Å². The molecule has 1 atom stereocenters. The van der Waals surface area contributed by atoms with E-state index in [0.717, 1.165) is 28.9 Å². The average molecular weight is 336 g/mol. The monoisotopic (exact) mass is 335 g/mol. The molecule has 1 aromatic heterocycles. The molecular formula is C15H18BrN3O. The van der Waals surface area contributed by atoms with Crippen LogP contribution >= 0.6 is 15.9 Å². The summed E-state index contributed by atoms with van der Waals surface area (Å²) >= 11 is 3.65. The van der Waals surface area contributed by atoms with E-state index in [9.17, 15) is 0 Å². The lowest BCUT2D eigenvalue weighted by atomic mass is 10.1. The van der Waals surface area contributed by atoms with Gasteiger partial charge in [0.2, 0.25) is 0 Å². The van der Waals surface area contributed by atoms with Gasteiger partial charge in [-0.1, -0.05) is 25.1 Å². The van der Waals surface area contributed by atoms with E-state index >= 15 is 0 Å². The van der Waals surface area contributed by atoms with E-state index in [4.69, 9.17) is 4.74 Å². The number of ether oxygens (including phenoxy) is 1. The number of nitrogens with one attached hydrogen (secondary N) is 1. The number of rotatable bonds is 4. The lowest BCUT2D eigenvalue weighted by Crippen LogP contribution is -2.23. The van der Waals surface area contributed by atoms with Crippen LogP contribution < -0.4 is 10.1 Å². The lowest BCUT2D eigenvalue weighted by Gasteiger charge is -2.12. The molecule has 1 aromatic carbocycles. The van der Waals surface area contributed by atoms with Crippen molar-refractivity contribution in [1.82, 2.24) is 15.1 Å². The van der Waals surface area contributed by atoms with Crippen molar-refractivity contribution in [3.63, 3.8) is 0 Å². The maximum absolute atomic E-state index is 5.69. The Morgan fingerprint density at radius 2 is 2.25 bits per heavy atom. The molecule has 3 rings (SSSR count). The molecule has 2 aromatic rings. The minimum absolute atomic E-state index is 0.248. The van der Waals surface area contributed by atoms with Crippen LogP contribution in [0.5, 0.6) is 5.75 Å². The third-order valence-corrected chi connectivity index (χ3v) is 4.63. The molecule has 0 fully saturated rings. The summed E-state index contributed by atoms with van der Waals surface area (Å²) in [6.45, 7) is 3.58. The molecule has 0 aliphatic carbocycles. The van der Waals surface area contributed by atoms with Gasteiger partial charge in [-0.05, 0) is 28.4 Å². The minimum Gasteiger partial charge on any atom is -0.491 e. The summed E-state index contributed by atoms with van der Waals surface area (Å²) in [5.41, 5.74) is 3.51. The van der Waals surface area contributed by atoms with E-state index in [0.29, 0.717) is 6.61 Å². The van der Waals surface area contributed by atoms with Crippen molar-refractivity contribution < 1.29 is 4.74 Å². The quantitative estimate of drug-likeness (QED) is 0.933. The highest BCUT2D eigenvalue weighted by molar-refractivity contribution is 9.10. The number of halogens is 1. The van der Waals surface area contributed by atoms with E-state index in [1.54, 1.807) is 0 Å².